The highest BCUT2D eigenvalue weighted by atomic mass is 32.1. The molecule has 0 aromatic carbocycles. The van der Waals surface area contributed by atoms with Crippen LogP contribution in [0.4, 0.5) is 4.39 Å². The van der Waals surface area contributed by atoms with Crippen molar-refractivity contribution in [3.8, 4) is 0 Å². The van der Waals surface area contributed by atoms with Gasteiger partial charge in [-0.2, -0.15) is 4.31 Å². The highest BCUT2D eigenvalue weighted by molar-refractivity contribution is 7.71. The number of nitrogens with one attached hydrogen (secondary N) is 1. The molecule has 0 bridgehead atoms. The van der Waals surface area contributed by atoms with Gasteiger partial charge in [0, 0.05) is 6.20 Å². The number of nitrogens with zero attached hydrogens (tertiary/aromatic N) is 1. The summed E-state index contributed by atoms with van der Waals surface area (Å²) in [7, 11) is -10.9. The molecule has 2 rings (SSSR count). The number of alkyl halides is 1. The minimum atomic E-state index is -5.44. The number of hydrogen-bond donors (Lipinski definition) is 6. The summed E-state index contributed by atoms with van der Waals surface area (Å²) in [5.74, 6) is -3.31. The van der Waals surface area contributed by atoms with Gasteiger partial charge >= 0.3 is 21.3 Å². The standard InChI is InChI=1S/C9H13FN2O11P2S/c10-9(3-21-25(19,20)23-24(16,17)18)6(14)5(13)7(22-9)12-2-1-4(26)11-8(12)15/h1-2,5-7,13-14H,3H2,(H,19,20)(H,11,15,26)(H2,16,17,18)/t5-,6+,7-,9-/m1/s1. The molecule has 0 aliphatic carbocycles. The van der Waals surface area contributed by atoms with Crippen molar-refractivity contribution >= 4 is 27.9 Å². The van der Waals surface area contributed by atoms with Crippen LogP contribution in [0.1, 0.15) is 6.23 Å². The van der Waals surface area contributed by atoms with Gasteiger partial charge in [0.05, 0.1) is 0 Å². The minimum absolute atomic E-state index is 0.0323. The van der Waals surface area contributed by atoms with Crippen molar-refractivity contribution < 1.29 is 52.0 Å². The Kier molecular flexibility index (Phi) is 6.03. The Hall–Kier alpha value is -0.830. The molecule has 5 atom stereocenters. The number of phosphoric ester groups is 1. The fourth-order valence-corrected chi connectivity index (χ4v) is 3.80. The van der Waals surface area contributed by atoms with Crippen molar-refractivity contribution in [3.63, 3.8) is 0 Å². The van der Waals surface area contributed by atoms with Gasteiger partial charge in [-0.3, -0.25) is 14.1 Å². The molecule has 1 saturated heterocycles. The van der Waals surface area contributed by atoms with Crippen LogP contribution in [-0.2, 0) is 22.7 Å². The van der Waals surface area contributed by atoms with Gasteiger partial charge in [0.15, 0.2) is 6.23 Å². The number of H-pyrrole nitrogens is 1. The quantitative estimate of drug-likeness (QED) is 0.235. The zero-order valence-corrected chi connectivity index (χ0v) is 15.0. The second kappa shape index (κ2) is 7.30. The molecule has 148 valence electrons. The van der Waals surface area contributed by atoms with Crippen molar-refractivity contribution in [3.05, 3.63) is 27.4 Å². The van der Waals surface area contributed by atoms with Crippen molar-refractivity contribution in [1.82, 2.24) is 9.55 Å². The van der Waals surface area contributed by atoms with Crippen molar-refractivity contribution in [2.24, 2.45) is 0 Å². The first kappa shape index (κ1) is 21.5. The molecule has 0 radical (unpaired) electrons. The van der Waals surface area contributed by atoms with Gasteiger partial charge in [0.1, 0.15) is 23.5 Å². The summed E-state index contributed by atoms with van der Waals surface area (Å²) in [4.78, 5) is 40.0. The van der Waals surface area contributed by atoms with Crippen LogP contribution in [0.3, 0.4) is 0 Å². The Morgan fingerprint density at radius 3 is 2.54 bits per heavy atom. The van der Waals surface area contributed by atoms with Crippen LogP contribution in [0.2, 0.25) is 0 Å². The average molecular weight is 438 g/mol. The molecule has 6 N–H and O–H groups in total. The summed E-state index contributed by atoms with van der Waals surface area (Å²) < 4.78 is 49.5. The van der Waals surface area contributed by atoms with Gasteiger partial charge in [-0.05, 0) is 6.07 Å². The Bertz CT molecular complexity index is 885. The molecule has 0 saturated carbocycles. The Morgan fingerprint density at radius 2 is 2.00 bits per heavy atom. The molecule has 1 aromatic heterocycles. The maximum Gasteiger partial charge on any atom is 0.481 e. The molecular formula is C9H13FN2O11P2S. The Labute approximate surface area is 148 Å². The molecular weight excluding hydrogens is 425 g/mol. The lowest BCUT2D eigenvalue weighted by atomic mass is 10.1. The van der Waals surface area contributed by atoms with Crippen LogP contribution in [0.25, 0.3) is 0 Å². The summed E-state index contributed by atoms with van der Waals surface area (Å²) in [6.45, 7) is -1.56. The first-order valence-electron chi connectivity index (χ1n) is 6.53. The molecule has 2 heterocycles. The molecule has 1 fully saturated rings. The topological polar surface area (TPSA) is 201 Å². The van der Waals surface area contributed by atoms with Crippen LogP contribution < -0.4 is 5.69 Å². The average Bonchev–Trinajstić information content (AvgIpc) is 2.68. The summed E-state index contributed by atoms with van der Waals surface area (Å²) in [5, 5.41) is 19.7. The molecule has 13 nitrogen and oxygen atoms in total. The maximum atomic E-state index is 14.7. The van der Waals surface area contributed by atoms with Gasteiger partial charge in [-0.25, -0.2) is 18.3 Å². The lowest BCUT2D eigenvalue weighted by molar-refractivity contribution is -0.204. The third kappa shape index (κ3) is 4.91. The van der Waals surface area contributed by atoms with Crippen LogP contribution in [-0.4, -0.2) is 59.1 Å². The molecule has 1 aliphatic rings. The maximum absolute atomic E-state index is 14.7. The Balaban J connectivity index is 2.19. The van der Waals surface area contributed by atoms with Gasteiger partial charge < -0.3 is 29.6 Å². The predicted octanol–water partition coefficient (Wildman–Crippen LogP) is -0.951. The third-order valence-electron chi connectivity index (χ3n) is 3.13. The van der Waals surface area contributed by atoms with E-state index in [4.69, 9.17) is 31.6 Å². The molecule has 0 spiro atoms. The van der Waals surface area contributed by atoms with Crippen molar-refractivity contribution in [2.75, 3.05) is 6.61 Å². The van der Waals surface area contributed by atoms with E-state index in [0.717, 1.165) is 6.20 Å². The van der Waals surface area contributed by atoms with E-state index >= 15 is 0 Å². The van der Waals surface area contributed by atoms with E-state index in [9.17, 15) is 28.5 Å². The first-order chi connectivity index (χ1) is 11.7. The minimum Gasteiger partial charge on any atom is -0.385 e. The van der Waals surface area contributed by atoms with E-state index in [0.29, 0.717) is 4.57 Å². The largest absolute Gasteiger partial charge is 0.481 e. The summed E-state index contributed by atoms with van der Waals surface area (Å²) in [6, 6.07) is 1.21. The highest BCUT2D eigenvalue weighted by Gasteiger charge is 2.57. The monoisotopic (exact) mass is 438 g/mol. The van der Waals surface area contributed by atoms with Gasteiger partial charge in [0.2, 0.25) is 0 Å². The van der Waals surface area contributed by atoms with Gasteiger partial charge in [-0.1, -0.05) is 12.2 Å². The number of phosphoric acid groups is 2. The lowest BCUT2D eigenvalue weighted by Crippen LogP contribution is -2.42. The smallest absolute Gasteiger partial charge is 0.385 e. The fraction of sp³-hybridized carbons (Fsp3) is 0.556. The summed E-state index contributed by atoms with van der Waals surface area (Å²) in [5.41, 5.74) is -0.906. The highest BCUT2D eigenvalue weighted by Crippen LogP contribution is 2.58. The number of halogens is 1. The Morgan fingerprint density at radius 1 is 1.38 bits per heavy atom. The second-order valence-electron chi connectivity index (χ2n) is 5.06. The number of aromatic nitrogens is 2. The van der Waals surface area contributed by atoms with Crippen LogP contribution in [0.5, 0.6) is 0 Å². The summed E-state index contributed by atoms with van der Waals surface area (Å²) in [6.07, 6.45) is -5.08. The zero-order valence-electron chi connectivity index (χ0n) is 12.4. The molecule has 1 aromatic rings. The van der Waals surface area contributed by atoms with E-state index in [1.807, 2.05) is 0 Å². The number of rotatable bonds is 6. The van der Waals surface area contributed by atoms with Crippen LogP contribution in [0, 0.1) is 4.64 Å². The van der Waals surface area contributed by atoms with E-state index in [2.05, 4.69) is 13.8 Å². The number of aliphatic hydroxyl groups excluding tert-OH is 2. The normalized spacial score (nSPS) is 31.7. The molecule has 26 heavy (non-hydrogen) atoms. The van der Waals surface area contributed by atoms with Gasteiger partial charge in [-0.15, -0.1) is 0 Å². The van der Waals surface area contributed by atoms with Crippen LogP contribution in [0.15, 0.2) is 17.1 Å². The van der Waals surface area contributed by atoms with E-state index in [1.54, 1.807) is 0 Å². The molecule has 17 heteroatoms. The van der Waals surface area contributed by atoms with Crippen molar-refractivity contribution in [1.29, 1.82) is 0 Å². The van der Waals surface area contributed by atoms with Crippen molar-refractivity contribution in [2.45, 2.75) is 24.3 Å². The second-order valence-corrected chi connectivity index (χ2v) is 8.33. The first-order valence-corrected chi connectivity index (χ1v) is 9.96. The number of ether oxygens (including phenoxy) is 1. The molecule has 1 unspecified atom stereocenters. The third-order valence-corrected chi connectivity index (χ3v) is 5.50. The fourth-order valence-electron chi connectivity index (χ4n) is 2.05. The van der Waals surface area contributed by atoms with Gasteiger partial charge in [0.25, 0.3) is 5.85 Å². The zero-order chi connectivity index (χ0) is 19.9. The van der Waals surface area contributed by atoms with E-state index in [1.165, 1.54) is 6.07 Å². The van der Waals surface area contributed by atoms with E-state index < -0.39 is 52.2 Å². The molecule has 1 aliphatic heterocycles. The SMILES string of the molecule is O=c1[nH]c(=S)ccn1[C@@H]1O[C@](F)(COP(=O)(O)OP(=O)(O)O)[C@@H](O)[C@H]1O. The number of aromatic amines is 1. The summed E-state index contributed by atoms with van der Waals surface area (Å²) >= 11 is 4.71. The van der Waals surface area contributed by atoms with Crippen LogP contribution >= 0.6 is 27.9 Å². The number of hydrogen-bond acceptors (Lipinski definition) is 9. The van der Waals surface area contributed by atoms with E-state index in [-0.39, 0.29) is 4.64 Å². The number of aliphatic hydroxyl groups is 2. The lowest BCUT2D eigenvalue weighted by Gasteiger charge is -2.23. The molecule has 0 amide bonds. The predicted molar refractivity (Wildman–Crippen MR) is 80.8 cm³/mol.